The molecule has 0 saturated heterocycles. The molecule has 0 saturated carbocycles. The van der Waals surface area contributed by atoms with Gasteiger partial charge >= 0.3 is 0 Å². The fourth-order valence-electron chi connectivity index (χ4n) is 3.39. The molecule has 0 amide bonds. The third-order valence-electron chi connectivity index (χ3n) is 4.27. The van der Waals surface area contributed by atoms with E-state index in [2.05, 4.69) is 41.5 Å². The highest BCUT2D eigenvalue weighted by Crippen LogP contribution is 2.42. The Morgan fingerprint density at radius 2 is 1.43 bits per heavy atom. The van der Waals surface area contributed by atoms with Crippen LogP contribution in [0.4, 0.5) is 0 Å². The fraction of sp³-hybridized carbons (Fsp3) is 0.588. The van der Waals surface area contributed by atoms with Crippen molar-refractivity contribution in [2.24, 2.45) is 0 Å². The van der Waals surface area contributed by atoms with Gasteiger partial charge in [0.25, 0.3) is 8.32 Å². The molecule has 0 spiro atoms. The first kappa shape index (κ1) is 18.2. The lowest BCUT2D eigenvalue weighted by molar-refractivity contribution is -0.111. The average Bonchev–Trinajstić information content (AvgIpc) is 2.35. The summed E-state index contributed by atoms with van der Waals surface area (Å²) >= 11 is 5.42. The summed E-state index contributed by atoms with van der Waals surface area (Å²) in [5.74, 6) is 0.906. The molecule has 1 rings (SSSR count). The van der Waals surface area contributed by atoms with Crippen LogP contribution in [0.25, 0.3) is 0 Å². The van der Waals surface area contributed by atoms with E-state index in [1.807, 2.05) is 24.3 Å². The highest BCUT2D eigenvalue weighted by molar-refractivity contribution is 6.78. The number of benzene rings is 1. The van der Waals surface area contributed by atoms with Crippen LogP contribution in [0, 0.1) is 0 Å². The zero-order valence-corrected chi connectivity index (χ0v) is 15.7. The Hall–Kier alpha value is -0.803. The highest BCUT2D eigenvalue weighted by atomic mass is 35.5. The zero-order chi connectivity index (χ0) is 16.2. The predicted octanol–water partition coefficient (Wildman–Crippen LogP) is 5.55. The van der Waals surface area contributed by atoms with Crippen molar-refractivity contribution < 1.29 is 9.22 Å². The second-order valence-corrected chi connectivity index (χ2v) is 12.4. The molecule has 0 aromatic heterocycles. The second kappa shape index (κ2) is 7.46. The second-order valence-electron chi connectivity index (χ2n) is 6.60. The van der Waals surface area contributed by atoms with Crippen LogP contribution in [0.5, 0.6) is 5.75 Å². The standard InChI is InChI=1S/C17H27ClO2Si/c1-12(2)21(13(3)4,14(5)6)20-16-9-7-15(8-10-16)11-17(18)19/h7-10,12-14H,11H2,1-6H3. The van der Waals surface area contributed by atoms with Gasteiger partial charge in [0.1, 0.15) is 5.75 Å². The summed E-state index contributed by atoms with van der Waals surface area (Å²) in [7, 11) is -1.91. The summed E-state index contributed by atoms with van der Waals surface area (Å²) in [4.78, 5) is 10.9. The summed E-state index contributed by atoms with van der Waals surface area (Å²) in [5.41, 5.74) is 2.55. The van der Waals surface area contributed by atoms with Gasteiger partial charge in [0.05, 0.1) is 0 Å². The lowest BCUT2D eigenvalue weighted by Crippen LogP contribution is -2.50. The maximum Gasteiger partial charge on any atom is 0.258 e. The van der Waals surface area contributed by atoms with Gasteiger partial charge < -0.3 is 4.43 Å². The smallest absolute Gasteiger partial charge is 0.258 e. The van der Waals surface area contributed by atoms with Crippen molar-refractivity contribution in [1.82, 2.24) is 0 Å². The van der Waals surface area contributed by atoms with Crippen LogP contribution < -0.4 is 4.43 Å². The topological polar surface area (TPSA) is 26.3 Å². The molecule has 0 N–H and O–H groups in total. The number of carbonyl (C=O) groups excluding carboxylic acids is 1. The Balaban J connectivity index is 3.01. The lowest BCUT2D eigenvalue weighted by atomic mass is 10.2. The first-order valence-electron chi connectivity index (χ1n) is 7.66. The number of hydrogen-bond donors (Lipinski definition) is 0. The van der Waals surface area contributed by atoms with Gasteiger partial charge in [0, 0.05) is 6.42 Å². The van der Waals surface area contributed by atoms with Gasteiger partial charge in [0.15, 0.2) is 0 Å². The van der Waals surface area contributed by atoms with Crippen molar-refractivity contribution in [2.45, 2.75) is 64.6 Å². The molecule has 0 bridgehead atoms. The van der Waals surface area contributed by atoms with E-state index in [0.717, 1.165) is 11.3 Å². The number of rotatable bonds is 7. The van der Waals surface area contributed by atoms with E-state index in [1.165, 1.54) is 0 Å². The molecule has 1 aromatic carbocycles. The van der Waals surface area contributed by atoms with Crippen LogP contribution in [0.15, 0.2) is 24.3 Å². The summed E-state index contributed by atoms with van der Waals surface area (Å²) in [6.45, 7) is 13.6. The molecule has 0 heterocycles. The minimum atomic E-state index is -1.91. The van der Waals surface area contributed by atoms with Crippen molar-refractivity contribution in [3.05, 3.63) is 29.8 Å². The maximum absolute atomic E-state index is 10.9. The molecule has 2 nitrogen and oxygen atoms in total. The predicted molar refractivity (Wildman–Crippen MR) is 92.7 cm³/mol. The lowest BCUT2D eigenvalue weighted by Gasteiger charge is -2.42. The van der Waals surface area contributed by atoms with Gasteiger partial charge in [0.2, 0.25) is 5.24 Å². The molecular weight excluding hydrogens is 300 g/mol. The largest absolute Gasteiger partial charge is 0.543 e. The van der Waals surface area contributed by atoms with Crippen LogP contribution in [0.3, 0.4) is 0 Å². The monoisotopic (exact) mass is 326 g/mol. The summed E-state index contributed by atoms with van der Waals surface area (Å²) in [6.07, 6.45) is 0.267. The Bertz CT molecular complexity index is 444. The first-order valence-corrected chi connectivity index (χ1v) is 10.2. The van der Waals surface area contributed by atoms with Gasteiger partial charge in [-0.25, -0.2) is 0 Å². The molecule has 1 aromatic rings. The van der Waals surface area contributed by atoms with Crippen molar-refractivity contribution in [3.8, 4) is 5.75 Å². The van der Waals surface area contributed by atoms with E-state index in [1.54, 1.807) is 0 Å². The number of carbonyl (C=O) groups is 1. The molecule has 0 unspecified atom stereocenters. The minimum Gasteiger partial charge on any atom is -0.543 e. The molecule has 0 atom stereocenters. The van der Waals surface area contributed by atoms with Gasteiger partial charge in [-0.3, -0.25) is 4.79 Å². The van der Waals surface area contributed by atoms with E-state index >= 15 is 0 Å². The molecule has 118 valence electrons. The minimum absolute atomic E-state index is 0.267. The molecular formula is C17H27ClO2Si. The molecule has 4 heteroatoms. The quantitative estimate of drug-likeness (QED) is 0.485. The van der Waals surface area contributed by atoms with E-state index in [4.69, 9.17) is 16.0 Å². The first-order chi connectivity index (χ1) is 9.70. The number of halogens is 1. The maximum atomic E-state index is 10.9. The molecule has 0 aliphatic rings. The summed E-state index contributed by atoms with van der Waals surface area (Å²) < 4.78 is 6.57. The van der Waals surface area contributed by atoms with Gasteiger partial charge in [-0.05, 0) is 45.9 Å². The van der Waals surface area contributed by atoms with Gasteiger partial charge in [-0.15, -0.1) is 0 Å². The Morgan fingerprint density at radius 1 is 1.00 bits per heavy atom. The average molecular weight is 327 g/mol. The Labute approximate surface area is 135 Å². The van der Waals surface area contributed by atoms with Crippen LogP contribution in [-0.4, -0.2) is 13.6 Å². The summed E-state index contributed by atoms with van der Waals surface area (Å²) in [6, 6.07) is 7.78. The molecule has 0 fully saturated rings. The van der Waals surface area contributed by atoms with E-state index < -0.39 is 8.32 Å². The molecule has 0 radical (unpaired) electrons. The van der Waals surface area contributed by atoms with Crippen molar-refractivity contribution >= 4 is 25.2 Å². The highest BCUT2D eigenvalue weighted by Gasteiger charge is 2.46. The third-order valence-corrected chi connectivity index (χ3v) is 10.4. The van der Waals surface area contributed by atoms with E-state index in [0.29, 0.717) is 16.6 Å². The van der Waals surface area contributed by atoms with Crippen molar-refractivity contribution in [1.29, 1.82) is 0 Å². The van der Waals surface area contributed by atoms with Crippen LogP contribution in [0.2, 0.25) is 16.6 Å². The Kier molecular flexibility index (Phi) is 6.48. The fourth-order valence-corrected chi connectivity index (χ4v) is 8.80. The molecule has 0 aliphatic heterocycles. The van der Waals surface area contributed by atoms with Gasteiger partial charge in [-0.1, -0.05) is 53.7 Å². The molecule has 21 heavy (non-hydrogen) atoms. The SMILES string of the molecule is CC(C)[Si](Oc1ccc(CC(=O)Cl)cc1)(C(C)C)C(C)C. The van der Waals surface area contributed by atoms with Crippen molar-refractivity contribution in [3.63, 3.8) is 0 Å². The third kappa shape index (κ3) is 4.33. The van der Waals surface area contributed by atoms with Crippen LogP contribution in [0.1, 0.15) is 47.1 Å². The van der Waals surface area contributed by atoms with Crippen LogP contribution >= 0.6 is 11.6 Å². The van der Waals surface area contributed by atoms with E-state index in [9.17, 15) is 4.79 Å². The van der Waals surface area contributed by atoms with Crippen molar-refractivity contribution in [2.75, 3.05) is 0 Å². The zero-order valence-electron chi connectivity index (χ0n) is 13.9. The van der Waals surface area contributed by atoms with Gasteiger partial charge in [-0.2, -0.15) is 0 Å². The van der Waals surface area contributed by atoms with Crippen LogP contribution in [-0.2, 0) is 11.2 Å². The Morgan fingerprint density at radius 3 is 1.76 bits per heavy atom. The number of hydrogen-bond acceptors (Lipinski definition) is 2. The summed E-state index contributed by atoms with van der Waals surface area (Å²) in [5, 5.41) is -0.334. The van der Waals surface area contributed by atoms with E-state index in [-0.39, 0.29) is 11.7 Å². The normalized spacial score (nSPS) is 12.3. The molecule has 0 aliphatic carbocycles.